The molecule has 1 saturated heterocycles. The Labute approximate surface area is 169 Å². The Morgan fingerprint density at radius 3 is 3.00 bits per heavy atom. The van der Waals surface area contributed by atoms with Crippen LogP contribution in [0.15, 0.2) is 27.7 Å². The molecule has 0 saturated carbocycles. The summed E-state index contributed by atoms with van der Waals surface area (Å²) < 4.78 is 11.9. The van der Waals surface area contributed by atoms with Gasteiger partial charge in [0.15, 0.2) is 5.96 Å². The molecule has 1 fully saturated rings. The van der Waals surface area contributed by atoms with Crippen LogP contribution in [0.5, 0.6) is 0 Å². The van der Waals surface area contributed by atoms with Gasteiger partial charge in [-0.25, -0.2) is 0 Å². The van der Waals surface area contributed by atoms with Crippen LogP contribution in [0.3, 0.4) is 0 Å². The zero-order valence-corrected chi connectivity index (χ0v) is 17.6. The van der Waals surface area contributed by atoms with Crippen LogP contribution in [-0.2, 0) is 14.3 Å². The Kier molecular flexibility index (Phi) is 9.58. The summed E-state index contributed by atoms with van der Waals surface area (Å²) in [7, 11) is 1.68. The average molecular weight is 441 g/mol. The molecule has 1 heterocycles. The van der Waals surface area contributed by atoms with Crippen LogP contribution in [-0.4, -0.2) is 58.4 Å². The van der Waals surface area contributed by atoms with Crippen molar-refractivity contribution in [2.45, 2.75) is 19.8 Å². The number of anilines is 1. The lowest BCUT2D eigenvalue weighted by Gasteiger charge is -2.13. The second-order valence-electron chi connectivity index (χ2n) is 6.52. The van der Waals surface area contributed by atoms with E-state index < -0.39 is 0 Å². The first kappa shape index (κ1) is 21.7. The van der Waals surface area contributed by atoms with E-state index in [1.165, 1.54) is 0 Å². The van der Waals surface area contributed by atoms with Crippen molar-refractivity contribution >= 4 is 33.5 Å². The van der Waals surface area contributed by atoms with Crippen molar-refractivity contribution in [1.29, 1.82) is 0 Å². The highest BCUT2D eigenvalue weighted by molar-refractivity contribution is 9.10. The van der Waals surface area contributed by atoms with Crippen LogP contribution in [0.1, 0.15) is 18.4 Å². The molecule has 1 aromatic carbocycles. The Balaban J connectivity index is 1.58. The van der Waals surface area contributed by atoms with Gasteiger partial charge in [0.2, 0.25) is 5.91 Å². The van der Waals surface area contributed by atoms with E-state index in [1.807, 2.05) is 25.1 Å². The lowest BCUT2D eigenvalue weighted by Crippen LogP contribution is -2.41. The Morgan fingerprint density at radius 1 is 1.41 bits per heavy atom. The summed E-state index contributed by atoms with van der Waals surface area (Å²) >= 11 is 3.41. The number of amides is 1. The number of aliphatic imine (C=N–C) groups is 1. The molecule has 2 rings (SSSR count). The molecule has 1 aromatic rings. The molecule has 1 atom stereocenters. The predicted octanol–water partition coefficient (Wildman–Crippen LogP) is 2.30. The summed E-state index contributed by atoms with van der Waals surface area (Å²) in [5.41, 5.74) is 1.81. The van der Waals surface area contributed by atoms with E-state index in [4.69, 9.17) is 9.47 Å². The van der Waals surface area contributed by atoms with Gasteiger partial charge in [0, 0.05) is 42.9 Å². The number of nitrogens with zero attached hydrogens (tertiary/aromatic N) is 1. The summed E-state index contributed by atoms with van der Waals surface area (Å²) in [5.74, 6) is 1.02. The number of rotatable bonds is 9. The molecule has 1 amide bonds. The third kappa shape index (κ3) is 8.28. The van der Waals surface area contributed by atoms with Crippen molar-refractivity contribution in [3.63, 3.8) is 0 Å². The number of carbonyl (C=O) groups excluding carboxylic acids is 1. The van der Waals surface area contributed by atoms with Crippen LogP contribution in [0.2, 0.25) is 0 Å². The number of hydrogen-bond donors (Lipinski definition) is 3. The normalized spacial score (nSPS) is 17.0. The van der Waals surface area contributed by atoms with Gasteiger partial charge >= 0.3 is 0 Å². The molecule has 1 unspecified atom stereocenters. The average Bonchev–Trinajstić information content (AvgIpc) is 3.17. The van der Waals surface area contributed by atoms with E-state index in [1.54, 1.807) is 7.05 Å². The van der Waals surface area contributed by atoms with Crippen LogP contribution < -0.4 is 16.0 Å². The minimum Gasteiger partial charge on any atom is -0.381 e. The van der Waals surface area contributed by atoms with Gasteiger partial charge in [0.05, 0.1) is 19.8 Å². The molecule has 150 valence electrons. The van der Waals surface area contributed by atoms with Crippen LogP contribution in [0.25, 0.3) is 0 Å². The van der Waals surface area contributed by atoms with Gasteiger partial charge in [-0.1, -0.05) is 22.0 Å². The number of hydrogen-bond acceptors (Lipinski definition) is 4. The van der Waals surface area contributed by atoms with E-state index in [9.17, 15) is 4.79 Å². The van der Waals surface area contributed by atoms with E-state index in [0.717, 1.165) is 54.9 Å². The van der Waals surface area contributed by atoms with Gasteiger partial charge in [-0.05, 0) is 37.5 Å². The summed E-state index contributed by atoms with van der Waals surface area (Å²) in [5, 5.41) is 9.10. The first-order chi connectivity index (χ1) is 13.1. The molecule has 0 aromatic heterocycles. The molecular formula is C19H29BrN4O3. The third-order valence-corrected chi connectivity index (χ3v) is 4.74. The SMILES string of the molecule is CN=C(NCCCOCC1CCOC1)NCC(=O)Nc1cc(Br)ccc1C. The van der Waals surface area contributed by atoms with Crippen LogP contribution >= 0.6 is 15.9 Å². The fraction of sp³-hybridized carbons (Fsp3) is 0.579. The first-order valence-corrected chi connectivity index (χ1v) is 10.0. The highest BCUT2D eigenvalue weighted by atomic mass is 79.9. The van der Waals surface area contributed by atoms with Gasteiger partial charge in [-0.2, -0.15) is 0 Å². The van der Waals surface area contributed by atoms with Crippen molar-refractivity contribution in [3.05, 3.63) is 28.2 Å². The van der Waals surface area contributed by atoms with Gasteiger partial charge < -0.3 is 25.4 Å². The Bertz CT molecular complexity index is 633. The largest absolute Gasteiger partial charge is 0.381 e. The smallest absolute Gasteiger partial charge is 0.243 e. The number of halogens is 1. The molecular weight excluding hydrogens is 412 g/mol. The monoisotopic (exact) mass is 440 g/mol. The maximum atomic E-state index is 12.1. The van der Waals surface area contributed by atoms with Gasteiger partial charge in [0.25, 0.3) is 0 Å². The molecule has 8 heteroatoms. The zero-order chi connectivity index (χ0) is 19.5. The highest BCUT2D eigenvalue weighted by Gasteiger charge is 2.15. The minimum absolute atomic E-state index is 0.124. The lowest BCUT2D eigenvalue weighted by atomic mass is 10.1. The van der Waals surface area contributed by atoms with E-state index >= 15 is 0 Å². The van der Waals surface area contributed by atoms with E-state index in [2.05, 4.69) is 36.9 Å². The summed E-state index contributed by atoms with van der Waals surface area (Å²) in [4.78, 5) is 16.3. The molecule has 3 N–H and O–H groups in total. The molecule has 27 heavy (non-hydrogen) atoms. The standard InChI is InChI=1S/C19H29BrN4O3/c1-14-4-5-16(20)10-17(14)24-18(25)11-23-19(21-2)22-7-3-8-26-12-15-6-9-27-13-15/h4-5,10,15H,3,6-9,11-13H2,1-2H3,(H,24,25)(H2,21,22,23). The fourth-order valence-electron chi connectivity index (χ4n) is 2.65. The Hall–Kier alpha value is -1.64. The van der Waals surface area contributed by atoms with Crippen molar-refractivity contribution in [2.75, 3.05) is 51.9 Å². The topological polar surface area (TPSA) is 84.0 Å². The number of ether oxygens (including phenoxy) is 2. The fourth-order valence-corrected chi connectivity index (χ4v) is 3.01. The molecule has 7 nitrogen and oxygen atoms in total. The number of aryl methyl sites for hydroxylation is 1. The number of nitrogens with one attached hydrogen (secondary N) is 3. The first-order valence-electron chi connectivity index (χ1n) is 9.24. The van der Waals surface area contributed by atoms with Crippen LogP contribution in [0, 0.1) is 12.8 Å². The number of carbonyl (C=O) groups is 1. The number of guanidine groups is 1. The summed E-state index contributed by atoms with van der Waals surface area (Å²) in [6, 6.07) is 5.79. The Morgan fingerprint density at radius 2 is 2.26 bits per heavy atom. The molecule has 0 aliphatic carbocycles. The second kappa shape index (κ2) is 11.9. The minimum atomic E-state index is -0.124. The van der Waals surface area contributed by atoms with E-state index in [0.29, 0.717) is 18.5 Å². The molecule has 1 aliphatic heterocycles. The molecule has 0 spiro atoms. The predicted molar refractivity (Wildman–Crippen MR) is 111 cm³/mol. The van der Waals surface area contributed by atoms with Gasteiger partial charge in [0.1, 0.15) is 0 Å². The van der Waals surface area contributed by atoms with Crippen molar-refractivity contribution in [2.24, 2.45) is 10.9 Å². The molecule has 0 bridgehead atoms. The molecule has 1 aliphatic rings. The summed E-state index contributed by atoms with van der Waals surface area (Å²) in [6.45, 7) is 5.96. The summed E-state index contributed by atoms with van der Waals surface area (Å²) in [6.07, 6.45) is 1.97. The van der Waals surface area contributed by atoms with Gasteiger partial charge in [-0.15, -0.1) is 0 Å². The lowest BCUT2D eigenvalue weighted by molar-refractivity contribution is -0.115. The second-order valence-corrected chi connectivity index (χ2v) is 7.43. The maximum Gasteiger partial charge on any atom is 0.243 e. The van der Waals surface area contributed by atoms with Crippen molar-refractivity contribution in [3.8, 4) is 0 Å². The third-order valence-electron chi connectivity index (χ3n) is 4.25. The maximum absolute atomic E-state index is 12.1. The quantitative estimate of drug-likeness (QED) is 0.311. The van der Waals surface area contributed by atoms with Crippen LogP contribution in [0.4, 0.5) is 5.69 Å². The van der Waals surface area contributed by atoms with Crippen molar-refractivity contribution in [1.82, 2.24) is 10.6 Å². The van der Waals surface area contributed by atoms with Gasteiger partial charge in [-0.3, -0.25) is 9.79 Å². The van der Waals surface area contributed by atoms with E-state index in [-0.39, 0.29) is 12.5 Å². The van der Waals surface area contributed by atoms with Crippen molar-refractivity contribution < 1.29 is 14.3 Å². The molecule has 0 radical (unpaired) electrons. The zero-order valence-electron chi connectivity index (χ0n) is 16.0. The number of benzene rings is 1. The highest BCUT2D eigenvalue weighted by Crippen LogP contribution is 2.20.